The lowest BCUT2D eigenvalue weighted by atomic mass is 10.2. The number of hydrogen-bond acceptors (Lipinski definition) is 3. The van der Waals surface area contributed by atoms with Gasteiger partial charge in [0.15, 0.2) is 0 Å². The van der Waals surface area contributed by atoms with Gasteiger partial charge in [0.25, 0.3) is 0 Å². The van der Waals surface area contributed by atoms with Crippen molar-refractivity contribution < 1.29 is 9.90 Å². The van der Waals surface area contributed by atoms with Crippen molar-refractivity contribution in [1.29, 1.82) is 0 Å². The molecule has 86 valence electrons. The van der Waals surface area contributed by atoms with Gasteiger partial charge in [-0.05, 0) is 29.8 Å². The summed E-state index contributed by atoms with van der Waals surface area (Å²) in [5.41, 5.74) is 1.87. The van der Waals surface area contributed by atoms with Crippen LogP contribution in [-0.4, -0.2) is 11.4 Å². The Hall–Kier alpha value is -1.74. The van der Waals surface area contributed by atoms with Crippen molar-refractivity contribution >= 4 is 18.0 Å². The molecule has 2 aromatic carbocycles. The predicted octanol–water partition coefficient (Wildman–Crippen LogP) is 3.50. The second-order valence-corrected chi connectivity index (χ2v) is 4.69. The standard InChI is InChI=1S/C14H12O2S/c15-9-11-1-3-12(4-2-11)10-17-14-7-5-13(16)6-8-14/h1-9,16H,10H2. The molecule has 17 heavy (non-hydrogen) atoms. The molecule has 0 amide bonds. The first-order valence-corrected chi connectivity index (χ1v) is 6.22. The van der Waals surface area contributed by atoms with Crippen molar-refractivity contribution in [2.45, 2.75) is 10.6 Å². The first-order valence-electron chi connectivity index (χ1n) is 5.24. The van der Waals surface area contributed by atoms with E-state index < -0.39 is 0 Å². The van der Waals surface area contributed by atoms with Crippen LogP contribution in [0.15, 0.2) is 53.4 Å². The van der Waals surface area contributed by atoms with Gasteiger partial charge in [0.2, 0.25) is 0 Å². The highest BCUT2D eigenvalue weighted by molar-refractivity contribution is 7.98. The molecule has 0 spiro atoms. The molecule has 0 heterocycles. The zero-order valence-electron chi connectivity index (χ0n) is 9.17. The molecule has 3 heteroatoms. The maximum atomic E-state index is 10.5. The molecule has 0 aliphatic rings. The number of phenolic OH excluding ortho intramolecular Hbond substituents is 1. The van der Waals surface area contributed by atoms with Gasteiger partial charge in [-0.2, -0.15) is 0 Å². The second kappa shape index (κ2) is 5.55. The van der Waals surface area contributed by atoms with Crippen LogP contribution in [0.25, 0.3) is 0 Å². The van der Waals surface area contributed by atoms with Crippen molar-refractivity contribution in [3.8, 4) is 5.75 Å². The Bertz CT molecular complexity index is 489. The summed E-state index contributed by atoms with van der Waals surface area (Å²) in [4.78, 5) is 11.6. The molecule has 0 aliphatic heterocycles. The van der Waals surface area contributed by atoms with E-state index in [0.717, 1.165) is 16.9 Å². The molecule has 0 bridgehead atoms. The summed E-state index contributed by atoms with van der Waals surface area (Å²) in [5.74, 6) is 1.13. The number of rotatable bonds is 4. The molecule has 0 fully saturated rings. The Kier molecular flexibility index (Phi) is 3.83. The van der Waals surface area contributed by atoms with Crippen LogP contribution in [-0.2, 0) is 5.75 Å². The number of benzene rings is 2. The van der Waals surface area contributed by atoms with Gasteiger partial charge in [0.1, 0.15) is 12.0 Å². The minimum absolute atomic E-state index is 0.282. The van der Waals surface area contributed by atoms with E-state index in [2.05, 4.69) is 0 Å². The summed E-state index contributed by atoms with van der Waals surface area (Å²) in [6.45, 7) is 0. The molecule has 0 atom stereocenters. The molecular formula is C14H12O2S. The third kappa shape index (κ3) is 3.36. The molecule has 0 aliphatic carbocycles. The molecule has 0 radical (unpaired) electrons. The highest BCUT2D eigenvalue weighted by Crippen LogP contribution is 2.24. The van der Waals surface area contributed by atoms with E-state index in [1.54, 1.807) is 23.9 Å². The van der Waals surface area contributed by atoms with Crippen LogP contribution in [0.2, 0.25) is 0 Å². The largest absolute Gasteiger partial charge is 0.508 e. The molecule has 0 saturated heterocycles. The summed E-state index contributed by atoms with van der Waals surface area (Å²) in [5, 5.41) is 9.16. The lowest BCUT2D eigenvalue weighted by molar-refractivity contribution is 0.112. The summed E-state index contributed by atoms with van der Waals surface area (Å²) < 4.78 is 0. The Morgan fingerprint density at radius 2 is 1.65 bits per heavy atom. The fourth-order valence-electron chi connectivity index (χ4n) is 1.40. The van der Waals surface area contributed by atoms with E-state index in [1.807, 2.05) is 36.4 Å². The van der Waals surface area contributed by atoms with Crippen molar-refractivity contribution in [2.75, 3.05) is 0 Å². The third-order valence-electron chi connectivity index (χ3n) is 2.36. The normalized spacial score (nSPS) is 10.1. The van der Waals surface area contributed by atoms with Crippen molar-refractivity contribution in [3.05, 3.63) is 59.7 Å². The highest BCUT2D eigenvalue weighted by atomic mass is 32.2. The van der Waals surface area contributed by atoms with Crippen LogP contribution < -0.4 is 0 Å². The molecule has 0 unspecified atom stereocenters. The minimum Gasteiger partial charge on any atom is -0.508 e. The Labute approximate surface area is 104 Å². The number of carbonyl (C=O) groups is 1. The van der Waals surface area contributed by atoms with Gasteiger partial charge < -0.3 is 5.11 Å². The molecule has 2 nitrogen and oxygen atoms in total. The number of carbonyl (C=O) groups excluding carboxylic acids is 1. The number of thioether (sulfide) groups is 1. The van der Waals surface area contributed by atoms with E-state index in [0.29, 0.717) is 5.56 Å². The third-order valence-corrected chi connectivity index (χ3v) is 3.44. The Morgan fingerprint density at radius 3 is 2.24 bits per heavy atom. The maximum Gasteiger partial charge on any atom is 0.150 e. The molecule has 1 N–H and O–H groups in total. The lowest BCUT2D eigenvalue weighted by Gasteiger charge is -2.02. The number of aldehydes is 1. The lowest BCUT2D eigenvalue weighted by Crippen LogP contribution is -1.83. The van der Waals surface area contributed by atoms with Crippen LogP contribution in [0.4, 0.5) is 0 Å². The van der Waals surface area contributed by atoms with E-state index in [9.17, 15) is 4.79 Å². The summed E-state index contributed by atoms with van der Waals surface area (Å²) in [6.07, 6.45) is 0.844. The van der Waals surface area contributed by atoms with Crippen LogP contribution >= 0.6 is 11.8 Å². The van der Waals surface area contributed by atoms with Crippen LogP contribution in [0.5, 0.6) is 5.75 Å². The molecule has 0 aromatic heterocycles. The van der Waals surface area contributed by atoms with Crippen molar-refractivity contribution in [3.63, 3.8) is 0 Å². The van der Waals surface area contributed by atoms with Crippen molar-refractivity contribution in [2.24, 2.45) is 0 Å². The summed E-state index contributed by atoms with van der Waals surface area (Å²) in [7, 11) is 0. The molecule has 0 saturated carbocycles. The summed E-state index contributed by atoms with van der Waals surface area (Å²) >= 11 is 1.70. The fraction of sp³-hybridized carbons (Fsp3) is 0.0714. The van der Waals surface area contributed by atoms with Crippen LogP contribution in [0, 0.1) is 0 Å². The van der Waals surface area contributed by atoms with E-state index in [1.165, 1.54) is 5.56 Å². The second-order valence-electron chi connectivity index (χ2n) is 3.64. The van der Waals surface area contributed by atoms with Gasteiger partial charge in [-0.15, -0.1) is 11.8 Å². The minimum atomic E-state index is 0.282. The monoisotopic (exact) mass is 244 g/mol. The van der Waals surface area contributed by atoms with E-state index in [4.69, 9.17) is 5.11 Å². The molecular weight excluding hydrogens is 232 g/mol. The zero-order valence-corrected chi connectivity index (χ0v) is 9.98. The van der Waals surface area contributed by atoms with Crippen LogP contribution in [0.3, 0.4) is 0 Å². The predicted molar refractivity (Wildman–Crippen MR) is 69.5 cm³/mol. The van der Waals surface area contributed by atoms with Gasteiger partial charge in [-0.25, -0.2) is 0 Å². The van der Waals surface area contributed by atoms with E-state index in [-0.39, 0.29) is 5.75 Å². The summed E-state index contributed by atoms with van der Waals surface area (Å²) in [6, 6.07) is 14.7. The zero-order chi connectivity index (χ0) is 12.1. The average Bonchev–Trinajstić information content (AvgIpc) is 2.39. The number of hydrogen-bond donors (Lipinski definition) is 1. The SMILES string of the molecule is O=Cc1ccc(CSc2ccc(O)cc2)cc1. The quantitative estimate of drug-likeness (QED) is 0.660. The maximum absolute atomic E-state index is 10.5. The Morgan fingerprint density at radius 1 is 1.00 bits per heavy atom. The van der Waals surface area contributed by atoms with Gasteiger partial charge in [0.05, 0.1) is 0 Å². The topological polar surface area (TPSA) is 37.3 Å². The average molecular weight is 244 g/mol. The van der Waals surface area contributed by atoms with Crippen LogP contribution in [0.1, 0.15) is 15.9 Å². The fourth-order valence-corrected chi connectivity index (χ4v) is 2.26. The first-order chi connectivity index (χ1) is 8.28. The van der Waals surface area contributed by atoms with Gasteiger partial charge >= 0.3 is 0 Å². The van der Waals surface area contributed by atoms with Gasteiger partial charge in [0, 0.05) is 16.2 Å². The highest BCUT2D eigenvalue weighted by Gasteiger charge is 1.97. The number of phenols is 1. The van der Waals surface area contributed by atoms with Crippen molar-refractivity contribution in [1.82, 2.24) is 0 Å². The molecule has 2 aromatic rings. The van der Waals surface area contributed by atoms with Gasteiger partial charge in [-0.1, -0.05) is 24.3 Å². The number of aromatic hydroxyl groups is 1. The first kappa shape index (κ1) is 11.7. The molecule has 2 rings (SSSR count). The van der Waals surface area contributed by atoms with E-state index >= 15 is 0 Å². The van der Waals surface area contributed by atoms with Gasteiger partial charge in [-0.3, -0.25) is 4.79 Å². The smallest absolute Gasteiger partial charge is 0.150 e. The Balaban J connectivity index is 1.97.